The second kappa shape index (κ2) is 6.35. The molecule has 1 unspecified atom stereocenters. The monoisotopic (exact) mass is 351 g/mol. The summed E-state index contributed by atoms with van der Waals surface area (Å²) in [4.78, 5) is 1.82. The molecule has 1 aliphatic heterocycles. The lowest BCUT2D eigenvalue weighted by Gasteiger charge is -2.24. The van der Waals surface area contributed by atoms with Crippen molar-refractivity contribution in [2.24, 2.45) is 0 Å². The van der Waals surface area contributed by atoms with Gasteiger partial charge in [-0.05, 0) is 30.5 Å². The number of hydrogen-bond donors (Lipinski definition) is 0. The van der Waals surface area contributed by atoms with E-state index in [-0.39, 0.29) is 17.0 Å². The molecule has 0 aliphatic carbocycles. The average molecular weight is 352 g/mol. The lowest BCUT2D eigenvalue weighted by molar-refractivity contribution is -0.138. The zero-order chi connectivity index (χ0) is 14.8. The van der Waals surface area contributed by atoms with Crippen molar-refractivity contribution in [3.63, 3.8) is 0 Å². The van der Waals surface area contributed by atoms with Crippen LogP contribution >= 0.6 is 15.9 Å². The molecule has 2 nitrogen and oxygen atoms in total. The summed E-state index contributed by atoms with van der Waals surface area (Å²) in [6.07, 6.45) is -2.22. The number of rotatable bonds is 4. The average Bonchev–Trinajstić information content (AvgIpc) is 2.89. The molecule has 20 heavy (non-hydrogen) atoms. The van der Waals surface area contributed by atoms with E-state index in [0.29, 0.717) is 12.2 Å². The van der Waals surface area contributed by atoms with Crippen molar-refractivity contribution in [2.75, 3.05) is 25.1 Å². The molecule has 0 N–H and O–H groups in total. The number of nitrogens with zero attached hydrogens (tertiary/aromatic N) is 1. The standard InChI is InChI=1S/C14H17BrF3NO/c1-19(9-12-3-2-6-20-12)11-5-4-10(8-15)13(7-11)14(16,17)18/h4-5,7,12H,2-3,6,8-9H2,1H3. The fraction of sp³-hybridized carbons (Fsp3) is 0.571. The number of alkyl halides is 4. The van der Waals surface area contributed by atoms with Gasteiger partial charge in [-0.25, -0.2) is 0 Å². The van der Waals surface area contributed by atoms with E-state index in [9.17, 15) is 13.2 Å². The summed E-state index contributed by atoms with van der Waals surface area (Å²) in [6, 6.07) is 4.46. The number of likely N-dealkylation sites (N-methyl/N-ethyl adjacent to an activating group) is 1. The van der Waals surface area contributed by atoms with Crippen LogP contribution in [0.15, 0.2) is 18.2 Å². The third kappa shape index (κ3) is 3.67. The highest BCUT2D eigenvalue weighted by Gasteiger charge is 2.33. The van der Waals surface area contributed by atoms with Gasteiger partial charge < -0.3 is 9.64 Å². The van der Waals surface area contributed by atoms with Gasteiger partial charge in [-0.2, -0.15) is 13.2 Å². The first kappa shape index (κ1) is 15.6. The van der Waals surface area contributed by atoms with Crippen LogP contribution in [0, 0.1) is 0 Å². The fourth-order valence-corrected chi connectivity index (χ4v) is 2.87. The van der Waals surface area contributed by atoms with Gasteiger partial charge in [-0.15, -0.1) is 0 Å². The normalized spacial score (nSPS) is 19.4. The van der Waals surface area contributed by atoms with Gasteiger partial charge in [0.1, 0.15) is 0 Å². The van der Waals surface area contributed by atoms with E-state index in [4.69, 9.17) is 4.74 Å². The second-order valence-corrected chi connectivity index (χ2v) is 5.55. The molecule has 1 aromatic rings. The number of ether oxygens (including phenoxy) is 1. The summed E-state index contributed by atoms with van der Waals surface area (Å²) >= 11 is 3.10. The van der Waals surface area contributed by atoms with Crippen molar-refractivity contribution in [3.8, 4) is 0 Å². The largest absolute Gasteiger partial charge is 0.416 e. The van der Waals surface area contributed by atoms with Gasteiger partial charge in [0.15, 0.2) is 0 Å². The maximum atomic E-state index is 13.0. The van der Waals surface area contributed by atoms with Gasteiger partial charge >= 0.3 is 6.18 Å². The summed E-state index contributed by atoms with van der Waals surface area (Å²) < 4.78 is 44.6. The van der Waals surface area contributed by atoms with Crippen LogP contribution in [-0.4, -0.2) is 26.3 Å². The molecular weight excluding hydrogens is 335 g/mol. The Morgan fingerprint density at radius 3 is 2.70 bits per heavy atom. The molecule has 0 radical (unpaired) electrons. The minimum atomic E-state index is -4.33. The molecule has 0 saturated carbocycles. The van der Waals surface area contributed by atoms with E-state index in [1.54, 1.807) is 13.1 Å². The summed E-state index contributed by atoms with van der Waals surface area (Å²) in [7, 11) is 1.80. The Bertz CT molecular complexity index is 458. The van der Waals surface area contributed by atoms with Crippen LogP contribution < -0.4 is 4.90 Å². The molecule has 0 bridgehead atoms. The van der Waals surface area contributed by atoms with E-state index >= 15 is 0 Å². The summed E-state index contributed by atoms with van der Waals surface area (Å²) in [6.45, 7) is 1.36. The molecule has 112 valence electrons. The Balaban J connectivity index is 2.19. The van der Waals surface area contributed by atoms with Crippen molar-refractivity contribution in [1.82, 2.24) is 0 Å². The minimum Gasteiger partial charge on any atom is -0.376 e. The third-order valence-corrected chi connectivity index (χ3v) is 4.09. The maximum absolute atomic E-state index is 13.0. The van der Waals surface area contributed by atoms with Gasteiger partial charge in [-0.3, -0.25) is 0 Å². The molecule has 0 spiro atoms. The van der Waals surface area contributed by atoms with E-state index in [1.807, 2.05) is 4.90 Å². The van der Waals surface area contributed by atoms with Crippen LogP contribution in [-0.2, 0) is 16.2 Å². The van der Waals surface area contributed by atoms with Gasteiger partial charge in [-0.1, -0.05) is 22.0 Å². The molecule has 6 heteroatoms. The van der Waals surface area contributed by atoms with Gasteiger partial charge in [0, 0.05) is 31.2 Å². The van der Waals surface area contributed by atoms with E-state index in [2.05, 4.69) is 15.9 Å². The Labute approximate surface area is 125 Å². The summed E-state index contributed by atoms with van der Waals surface area (Å²) in [5.41, 5.74) is 0.246. The molecule has 0 amide bonds. The lowest BCUT2D eigenvalue weighted by Crippen LogP contribution is -2.28. The van der Waals surface area contributed by atoms with Crippen LogP contribution in [0.25, 0.3) is 0 Å². The molecular formula is C14H17BrF3NO. The fourth-order valence-electron chi connectivity index (χ4n) is 2.38. The number of halogens is 4. The van der Waals surface area contributed by atoms with Crippen molar-refractivity contribution in [3.05, 3.63) is 29.3 Å². The number of benzene rings is 1. The van der Waals surface area contributed by atoms with Crippen LogP contribution in [0.2, 0.25) is 0 Å². The van der Waals surface area contributed by atoms with Gasteiger partial charge in [0.05, 0.1) is 11.7 Å². The van der Waals surface area contributed by atoms with E-state index < -0.39 is 11.7 Å². The maximum Gasteiger partial charge on any atom is 0.416 e. The highest BCUT2D eigenvalue weighted by molar-refractivity contribution is 9.08. The lowest BCUT2D eigenvalue weighted by atomic mass is 10.1. The molecule has 0 aromatic heterocycles. The van der Waals surface area contributed by atoms with Crippen LogP contribution in [0.4, 0.5) is 18.9 Å². The first-order valence-corrected chi connectivity index (χ1v) is 7.63. The Morgan fingerprint density at radius 2 is 2.15 bits per heavy atom. The smallest absolute Gasteiger partial charge is 0.376 e. The molecule has 1 heterocycles. The molecule has 1 saturated heterocycles. The topological polar surface area (TPSA) is 12.5 Å². The van der Waals surface area contributed by atoms with E-state index in [0.717, 1.165) is 19.4 Å². The molecule has 1 fully saturated rings. The summed E-state index contributed by atoms with van der Waals surface area (Å²) in [5, 5.41) is 0.192. The molecule has 1 aliphatic rings. The zero-order valence-electron chi connectivity index (χ0n) is 11.2. The highest BCUT2D eigenvalue weighted by Crippen LogP contribution is 2.35. The van der Waals surface area contributed by atoms with Gasteiger partial charge in [0.25, 0.3) is 0 Å². The van der Waals surface area contributed by atoms with E-state index in [1.165, 1.54) is 12.1 Å². The first-order chi connectivity index (χ1) is 9.41. The van der Waals surface area contributed by atoms with Crippen molar-refractivity contribution >= 4 is 21.6 Å². The zero-order valence-corrected chi connectivity index (χ0v) is 12.8. The second-order valence-electron chi connectivity index (χ2n) is 4.99. The summed E-state index contributed by atoms with van der Waals surface area (Å²) in [5.74, 6) is 0. The van der Waals surface area contributed by atoms with Crippen molar-refractivity contribution < 1.29 is 17.9 Å². The highest BCUT2D eigenvalue weighted by atomic mass is 79.9. The van der Waals surface area contributed by atoms with Crippen LogP contribution in [0.1, 0.15) is 24.0 Å². The Kier molecular flexibility index (Phi) is 4.96. The van der Waals surface area contributed by atoms with Crippen LogP contribution in [0.3, 0.4) is 0 Å². The molecule has 1 atom stereocenters. The minimum absolute atomic E-state index is 0.116. The quantitative estimate of drug-likeness (QED) is 0.753. The van der Waals surface area contributed by atoms with Gasteiger partial charge in [0.2, 0.25) is 0 Å². The first-order valence-electron chi connectivity index (χ1n) is 6.50. The third-order valence-electron chi connectivity index (χ3n) is 3.49. The number of hydrogen-bond acceptors (Lipinski definition) is 2. The molecule has 1 aromatic carbocycles. The van der Waals surface area contributed by atoms with Crippen LogP contribution in [0.5, 0.6) is 0 Å². The Hall–Kier alpha value is -0.750. The van der Waals surface area contributed by atoms with Crippen molar-refractivity contribution in [1.29, 1.82) is 0 Å². The Morgan fingerprint density at radius 1 is 1.40 bits per heavy atom. The predicted molar refractivity (Wildman–Crippen MR) is 76.3 cm³/mol. The SMILES string of the molecule is CN(CC1CCCO1)c1ccc(CBr)c(C(F)(F)F)c1. The number of anilines is 1. The van der Waals surface area contributed by atoms with Crippen molar-refractivity contribution in [2.45, 2.75) is 30.5 Å². The molecule has 2 rings (SSSR count). The predicted octanol–water partition coefficient (Wildman–Crippen LogP) is 4.22.